The lowest BCUT2D eigenvalue weighted by Crippen LogP contribution is -2.16. The van der Waals surface area contributed by atoms with Crippen molar-refractivity contribution in [2.75, 3.05) is 13.7 Å². The SMILES string of the molecule is COCC(O)Cc1cncs1. The number of ether oxygens (including phenoxy) is 1. The molecule has 1 heterocycles. The summed E-state index contributed by atoms with van der Waals surface area (Å²) in [5.74, 6) is 0. The minimum absolute atomic E-state index is 0.387. The summed E-state index contributed by atoms with van der Waals surface area (Å²) in [6.45, 7) is 0.387. The van der Waals surface area contributed by atoms with Gasteiger partial charge in [0.15, 0.2) is 0 Å². The number of thiazole rings is 1. The molecule has 62 valence electrons. The van der Waals surface area contributed by atoms with E-state index in [1.54, 1.807) is 30.2 Å². The molecule has 0 radical (unpaired) electrons. The first-order valence-corrected chi connectivity index (χ1v) is 4.25. The van der Waals surface area contributed by atoms with Crippen LogP contribution in [0.25, 0.3) is 0 Å². The van der Waals surface area contributed by atoms with Crippen LogP contribution in [-0.2, 0) is 11.2 Å². The van der Waals surface area contributed by atoms with Crippen molar-refractivity contribution in [3.63, 3.8) is 0 Å². The van der Waals surface area contributed by atoms with Gasteiger partial charge in [0.25, 0.3) is 0 Å². The van der Waals surface area contributed by atoms with Crippen LogP contribution >= 0.6 is 11.3 Å². The fourth-order valence-corrected chi connectivity index (χ4v) is 1.49. The largest absolute Gasteiger partial charge is 0.390 e. The van der Waals surface area contributed by atoms with Crippen LogP contribution in [0.15, 0.2) is 11.7 Å². The maximum Gasteiger partial charge on any atom is 0.0822 e. The van der Waals surface area contributed by atoms with Crippen LogP contribution in [0.3, 0.4) is 0 Å². The highest BCUT2D eigenvalue weighted by atomic mass is 32.1. The molecule has 4 heteroatoms. The van der Waals surface area contributed by atoms with Crippen molar-refractivity contribution >= 4 is 11.3 Å². The monoisotopic (exact) mass is 173 g/mol. The van der Waals surface area contributed by atoms with E-state index in [0.717, 1.165) is 4.88 Å². The average Bonchev–Trinajstić information content (AvgIpc) is 2.40. The van der Waals surface area contributed by atoms with Crippen LogP contribution in [0.1, 0.15) is 4.88 Å². The zero-order chi connectivity index (χ0) is 8.10. The number of hydrogen-bond donors (Lipinski definition) is 1. The Kier molecular flexibility index (Phi) is 3.48. The van der Waals surface area contributed by atoms with Crippen molar-refractivity contribution in [2.24, 2.45) is 0 Å². The molecule has 1 atom stereocenters. The first-order chi connectivity index (χ1) is 5.33. The number of nitrogens with zero attached hydrogens (tertiary/aromatic N) is 1. The zero-order valence-electron chi connectivity index (χ0n) is 6.36. The summed E-state index contributed by atoms with van der Waals surface area (Å²) < 4.78 is 4.79. The van der Waals surface area contributed by atoms with E-state index in [-0.39, 0.29) is 0 Å². The lowest BCUT2D eigenvalue weighted by Gasteiger charge is -2.05. The van der Waals surface area contributed by atoms with Gasteiger partial charge in [0.1, 0.15) is 0 Å². The predicted octanol–water partition coefficient (Wildman–Crippen LogP) is 0.693. The van der Waals surface area contributed by atoms with Crippen molar-refractivity contribution in [3.05, 3.63) is 16.6 Å². The normalized spacial score (nSPS) is 13.3. The number of rotatable bonds is 4. The van der Waals surface area contributed by atoms with Gasteiger partial charge in [-0.05, 0) is 0 Å². The van der Waals surface area contributed by atoms with Crippen molar-refractivity contribution < 1.29 is 9.84 Å². The first kappa shape index (κ1) is 8.64. The van der Waals surface area contributed by atoms with E-state index in [1.165, 1.54) is 0 Å². The molecule has 3 nitrogen and oxygen atoms in total. The minimum atomic E-state index is -0.402. The van der Waals surface area contributed by atoms with E-state index < -0.39 is 6.10 Å². The van der Waals surface area contributed by atoms with Crippen LogP contribution < -0.4 is 0 Å². The number of aliphatic hydroxyl groups is 1. The highest BCUT2D eigenvalue weighted by Gasteiger charge is 2.05. The quantitative estimate of drug-likeness (QED) is 0.728. The molecule has 0 saturated heterocycles. The van der Waals surface area contributed by atoms with E-state index in [2.05, 4.69) is 4.98 Å². The minimum Gasteiger partial charge on any atom is -0.390 e. The Morgan fingerprint density at radius 3 is 3.18 bits per heavy atom. The molecule has 0 fully saturated rings. The van der Waals surface area contributed by atoms with Crippen molar-refractivity contribution in [1.82, 2.24) is 4.98 Å². The van der Waals surface area contributed by atoms with Gasteiger partial charge in [-0.25, -0.2) is 0 Å². The molecule has 0 aromatic carbocycles. The Morgan fingerprint density at radius 1 is 1.82 bits per heavy atom. The smallest absolute Gasteiger partial charge is 0.0822 e. The standard InChI is InChI=1S/C7H11NO2S/c1-10-4-6(9)2-7-3-8-5-11-7/h3,5-6,9H,2,4H2,1H3. The Bertz CT molecular complexity index is 188. The third-order valence-electron chi connectivity index (χ3n) is 1.28. The Balaban J connectivity index is 2.31. The maximum absolute atomic E-state index is 9.27. The molecule has 1 rings (SSSR count). The first-order valence-electron chi connectivity index (χ1n) is 3.37. The summed E-state index contributed by atoms with van der Waals surface area (Å²) in [5.41, 5.74) is 1.76. The molecule has 1 aromatic rings. The van der Waals surface area contributed by atoms with Crippen LogP contribution in [0, 0.1) is 0 Å². The molecule has 0 amide bonds. The summed E-state index contributed by atoms with van der Waals surface area (Å²) in [4.78, 5) is 4.99. The summed E-state index contributed by atoms with van der Waals surface area (Å²) in [7, 11) is 1.58. The molecule has 0 aliphatic rings. The fourth-order valence-electron chi connectivity index (χ4n) is 0.826. The van der Waals surface area contributed by atoms with Gasteiger partial charge in [-0.3, -0.25) is 4.98 Å². The van der Waals surface area contributed by atoms with Crippen molar-refractivity contribution in [2.45, 2.75) is 12.5 Å². The maximum atomic E-state index is 9.27. The van der Waals surface area contributed by atoms with Gasteiger partial charge in [-0.2, -0.15) is 0 Å². The second-order valence-corrected chi connectivity index (χ2v) is 3.25. The molecule has 0 spiro atoms. The molecular formula is C7H11NO2S. The van der Waals surface area contributed by atoms with E-state index in [4.69, 9.17) is 4.74 Å². The number of methoxy groups -OCH3 is 1. The molecule has 1 N–H and O–H groups in total. The lowest BCUT2D eigenvalue weighted by atomic mass is 10.2. The van der Waals surface area contributed by atoms with Gasteiger partial charge >= 0.3 is 0 Å². The van der Waals surface area contributed by atoms with Gasteiger partial charge in [0, 0.05) is 24.6 Å². The Hall–Kier alpha value is -0.450. The van der Waals surface area contributed by atoms with Crippen LogP contribution in [0.2, 0.25) is 0 Å². The van der Waals surface area contributed by atoms with Gasteiger partial charge in [-0.15, -0.1) is 11.3 Å². The van der Waals surface area contributed by atoms with Gasteiger partial charge < -0.3 is 9.84 Å². The number of hydrogen-bond acceptors (Lipinski definition) is 4. The van der Waals surface area contributed by atoms with Crippen molar-refractivity contribution in [3.8, 4) is 0 Å². The zero-order valence-corrected chi connectivity index (χ0v) is 7.17. The average molecular weight is 173 g/mol. The molecule has 1 unspecified atom stereocenters. The molecule has 11 heavy (non-hydrogen) atoms. The molecule has 1 aromatic heterocycles. The van der Waals surface area contributed by atoms with Crippen LogP contribution in [-0.4, -0.2) is 29.9 Å². The van der Waals surface area contributed by atoms with E-state index in [0.29, 0.717) is 13.0 Å². The van der Waals surface area contributed by atoms with E-state index >= 15 is 0 Å². The van der Waals surface area contributed by atoms with Crippen LogP contribution in [0.4, 0.5) is 0 Å². The molecular weight excluding hydrogens is 162 g/mol. The molecule has 0 bridgehead atoms. The summed E-state index contributed by atoms with van der Waals surface area (Å²) in [6, 6.07) is 0. The van der Waals surface area contributed by atoms with Crippen molar-refractivity contribution in [1.29, 1.82) is 0 Å². The van der Waals surface area contributed by atoms with Crippen LogP contribution in [0.5, 0.6) is 0 Å². The Labute approximate surface area is 69.7 Å². The molecule has 0 aliphatic heterocycles. The van der Waals surface area contributed by atoms with Gasteiger partial charge in [-0.1, -0.05) is 0 Å². The molecule has 0 aliphatic carbocycles. The third kappa shape index (κ3) is 2.96. The fraction of sp³-hybridized carbons (Fsp3) is 0.571. The topological polar surface area (TPSA) is 42.4 Å². The van der Waals surface area contributed by atoms with E-state index in [9.17, 15) is 5.11 Å². The molecule has 0 saturated carbocycles. The van der Waals surface area contributed by atoms with E-state index in [1.807, 2.05) is 0 Å². The Morgan fingerprint density at radius 2 is 2.64 bits per heavy atom. The number of aromatic nitrogens is 1. The number of aliphatic hydroxyl groups excluding tert-OH is 1. The van der Waals surface area contributed by atoms with Gasteiger partial charge in [0.05, 0.1) is 18.2 Å². The second-order valence-electron chi connectivity index (χ2n) is 2.28. The summed E-state index contributed by atoms with van der Waals surface area (Å²) >= 11 is 1.55. The highest BCUT2D eigenvalue weighted by Crippen LogP contribution is 2.08. The summed E-state index contributed by atoms with van der Waals surface area (Å²) in [6.07, 6.45) is 2.00. The van der Waals surface area contributed by atoms with Gasteiger partial charge in [0.2, 0.25) is 0 Å². The second kappa shape index (κ2) is 4.43. The predicted molar refractivity (Wildman–Crippen MR) is 43.7 cm³/mol. The lowest BCUT2D eigenvalue weighted by molar-refractivity contribution is 0.0655. The summed E-state index contributed by atoms with van der Waals surface area (Å²) in [5, 5.41) is 9.27. The third-order valence-corrected chi connectivity index (χ3v) is 2.08. The highest BCUT2D eigenvalue weighted by molar-refractivity contribution is 7.09.